The molecule has 0 amide bonds. The van der Waals surface area contributed by atoms with Crippen molar-refractivity contribution in [2.24, 2.45) is 0 Å². The molecule has 256 valence electrons. The molecule has 8 aromatic rings. The molecule has 0 atom stereocenters. The highest BCUT2D eigenvalue weighted by molar-refractivity contribution is 5.93. The van der Waals surface area contributed by atoms with Crippen LogP contribution in [0.2, 0.25) is 0 Å². The van der Waals surface area contributed by atoms with Crippen molar-refractivity contribution < 1.29 is 4.74 Å². The number of hydrogen-bond acceptors (Lipinski definition) is 2. The van der Waals surface area contributed by atoms with Crippen LogP contribution in [0.15, 0.2) is 188 Å². The summed E-state index contributed by atoms with van der Waals surface area (Å²) < 4.78 is 6.90. The number of benzene rings is 8. The minimum absolute atomic E-state index is 0.0394. The van der Waals surface area contributed by atoms with Crippen LogP contribution < -0.4 is 9.64 Å². The van der Waals surface area contributed by atoms with Crippen LogP contribution in [0.5, 0.6) is 11.5 Å². The van der Waals surface area contributed by atoms with Crippen molar-refractivity contribution >= 4 is 17.1 Å². The molecule has 0 aromatic heterocycles. The zero-order chi connectivity index (χ0) is 36.0. The van der Waals surface area contributed by atoms with Gasteiger partial charge in [-0.15, -0.1) is 0 Å². The number of nitrogens with zero attached hydrogens (tertiary/aromatic N) is 1. The van der Waals surface area contributed by atoms with E-state index in [4.69, 9.17) is 4.74 Å². The Balaban J connectivity index is 1.06. The fraction of sp³-hybridized carbons (Fsp3) is 0.0769. The van der Waals surface area contributed by atoms with Crippen LogP contribution in [0.3, 0.4) is 0 Å². The van der Waals surface area contributed by atoms with Gasteiger partial charge < -0.3 is 9.64 Å². The molecule has 1 spiro atoms. The van der Waals surface area contributed by atoms with Crippen LogP contribution in [-0.4, -0.2) is 0 Å². The van der Waals surface area contributed by atoms with Crippen molar-refractivity contribution in [3.8, 4) is 44.9 Å². The third kappa shape index (κ3) is 4.17. The number of anilines is 3. The standard InChI is InChI=1S/C52H37NO/c1-51(2)42-21-9-8-19-41(42)50-38(20-14-25-47(50)51)34-27-29-36(30-28-34)53(35-15-4-3-5-16-35)37-31-32-46-49(33-37)54-48-26-13-12-24-45(48)52(46)43-22-10-6-17-39(43)40-18-7-11-23-44(40)52/h3-33H,1-2H3. The average Bonchev–Trinajstić information content (AvgIpc) is 3.65. The smallest absolute Gasteiger partial charge is 0.134 e. The van der Waals surface area contributed by atoms with Gasteiger partial charge in [-0.25, -0.2) is 0 Å². The average molecular weight is 692 g/mol. The number of rotatable bonds is 4. The zero-order valence-electron chi connectivity index (χ0n) is 30.3. The predicted molar refractivity (Wildman–Crippen MR) is 222 cm³/mol. The summed E-state index contributed by atoms with van der Waals surface area (Å²) in [5.41, 5.74) is 18.1. The van der Waals surface area contributed by atoms with Crippen LogP contribution >= 0.6 is 0 Å². The van der Waals surface area contributed by atoms with E-state index in [1.807, 2.05) is 0 Å². The van der Waals surface area contributed by atoms with Crippen molar-refractivity contribution in [2.75, 3.05) is 4.90 Å². The topological polar surface area (TPSA) is 12.5 Å². The molecule has 0 unspecified atom stereocenters. The Kier molecular flexibility index (Phi) is 6.55. The highest BCUT2D eigenvalue weighted by atomic mass is 16.5. The highest BCUT2D eigenvalue weighted by Gasteiger charge is 2.51. The number of fused-ring (bicyclic) bond motifs is 12. The molecule has 0 N–H and O–H groups in total. The summed E-state index contributed by atoms with van der Waals surface area (Å²) in [7, 11) is 0. The first kappa shape index (κ1) is 30.9. The summed E-state index contributed by atoms with van der Waals surface area (Å²) in [5, 5.41) is 0. The van der Waals surface area contributed by atoms with E-state index in [1.54, 1.807) is 0 Å². The molecule has 1 heterocycles. The Bertz CT molecular complexity index is 2730. The van der Waals surface area contributed by atoms with Crippen LogP contribution in [0.4, 0.5) is 17.1 Å². The number of ether oxygens (including phenoxy) is 1. The zero-order valence-corrected chi connectivity index (χ0v) is 30.3. The lowest BCUT2D eigenvalue weighted by molar-refractivity contribution is 0.436. The first-order chi connectivity index (χ1) is 26.5. The maximum Gasteiger partial charge on any atom is 0.134 e. The minimum atomic E-state index is -0.488. The van der Waals surface area contributed by atoms with E-state index in [0.717, 1.165) is 34.1 Å². The van der Waals surface area contributed by atoms with Crippen LogP contribution in [-0.2, 0) is 10.8 Å². The first-order valence-electron chi connectivity index (χ1n) is 18.9. The van der Waals surface area contributed by atoms with Crippen LogP contribution in [0.25, 0.3) is 33.4 Å². The fourth-order valence-corrected chi connectivity index (χ4v) is 9.80. The predicted octanol–water partition coefficient (Wildman–Crippen LogP) is 13.6. The molecular weight excluding hydrogens is 655 g/mol. The van der Waals surface area contributed by atoms with Gasteiger partial charge in [0.1, 0.15) is 11.5 Å². The first-order valence-corrected chi connectivity index (χ1v) is 18.9. The Labute approximate surface area is 316 Å². The van der Waals surface area contributed by atoms with Crippen LogP contribution in [0.1, 0.15) is 47.2 Å². The monoisotopic (exact) mass is 691 g/mol. The molecule has 0 bridgehead atoms. The second-order valence-electron chi connectivity index (χ2n) is 15.2. The number of para-hydroxylation sites is 2. The SMILES string of the molecule is CC1(C)c2ccccc2-c2c(-c3ccc(N(c4ccccc4)c4ccc5c(c4)Oc4ccccc4C54c5ccccc5-c5ccccc54)cc3)cccc21. The maximum absolute atomic E-state index is 6.90. The van der Waals surface area contributed by atoms with Crippen molar-refractivity contribution in [1.82, 2.24) is 0 Å². The molecule has 0 fully saturated rings. The summed E-state index contributed by atoms with van der Waals surface area (Å²) in [6, 6.07) is 68.5. The Morgan fingerprint density at radius 1 is 0.370 bits per heavy atom. The second kappa shape index (κ2) is 11.4. The lowest BCUT2D eigenvalue weighted by Crippen LogP contribution is -2.32. The van der Waals surface area contributed by atoms with Gasteiger partial charge in [-0.05, 0) is 92.0 Å². The summed E-state index contributed by atoms with van der Waals surface area (Å²) >= 11 is 0. The molecule has 54 heavy (non-hydrogen) atoms. The van der Waals surface area contributed by atoms with Gasteiger partial charge in [-0.2, -0.15) is 0 Å². The molecule has 3 aliphatic rings. The molecule has 0 saturated carbocycles. The van der Waals surface area contributed by atoms with E-state index >= 15 is 0 Å². The summed E-state index contributed by atoms with van der Waals surface area (Å²) in [5.74, 6) is 1.76. The van der Waals surface area contributed by atoms with Crippen LogP contribution in [0, 0.1) is 0 Å². The van der Waals surface area contributed by atoms with Gasteiger partial charge in [-0.1, -0.05) is 159 Å². The molecule has 1 aliphatic heterocycles. The summed E-state index contributed by atoms with van der Waals surface area (Å²) in [6.45, 7) is 4.69. The highest BCUT2D eigenvalue weighted by Crippen LogP contribution is 2.62. The lowest BCUT2D eigenvalue weighted by Gasteiger charge is -2.40. The van der Waals surface area contributed by atoms with E-state index in [1.165, 1.54) is 61.2 Å². The van der Waals surface area contributed by atoms with E-state index in [0.29, 0.717) is 0 Å². The maximum atomic E-state index is 6.90. The molecule has 8 aromatic carbocycles. The number of hydrogen-bond donors (Lipinski definition) is 0. The van der Waals surface area contributed by atoms with Crippen molar-refractivity contribution in [1.29, 1.82) is 0 Å². The molecule has 0 radical (unpaired) electrons. The van der Waals surface area contributed by atoms with Crippen molar-refractivity contribution in [3.05, 3.63) is 221 Å². The van der Waals surface area contributed by atoms with Gasteiger partial charge in [0, 0.05) is 39.7 Å². The Morgan fingerprint density at radius 3 is 1.61 bits per heavy atom. The molecule has 2 heteroatoms. The molecule has 0 saturated heterocycles. The third-order valence-electron chi connectivity index (χ3n) is 12.1. The van der Waals surface area contributed by atoms with Gasteiger partial charge >= 0.3 is 0 Å². The van der Waals surface area contributed by atoms with E-state index < -0.39 is 5.41 Å². The van der Waals surface area contributed by atoms with Crippen molar-refractivity contribution in [3.63, 3.8) is 0 Å². The minimum Gasteiger partial charge on any atom is -0.457 e. The normalized spacial score (nSPS) is 14.6. The molecule has 11 rings (SSSR count). The van der Waals surface area contributed by atoms with Gasteiger partial charge in [0.25, 0.3) is 0 Å². The Hall–Kier alpha value is -6.64. The van der Waals surface area contributed by atoms with Gasteiger partial charge in [0.2, 0.25) is 0 Å². The largest absolute Gasteiger partial charge is 0.457 e. The third-order valence-corrected chi connectivity index (χ3v) is 12.1. The van der Waals surface area contributed by atoms with Crippen molar-refractivity contribution in [2.45, 2.75) is 24.7 Å². The lowest BCUT2D eigenvalue weighted by atomic mass is 9.66. The fourth-order valence-electron chi connectivity index (χ4n) is 9.80. The quantitative estimate of drug-likeness (QED) is 0.182. The van der Waals surface area contributed by atoms with E-state index in [-0.39, 0.29) is 5.41 Å². The van der Waals surface area contributed by atoms with E-state index in [9.17, 15) is 0 Å². The molecular formula is C52H37NO. The van der Waals surface area contributed by atoms with E-state index in [2.05, 4.69) is 207 Å². The molecule has 2 aliphatic carbocycles. The molecule has 2 nitrogen and oxygen atoms in total. The Morgan fingerprint density at radius 2 is 0.889 bits per heavy atom. The van der Waals surface area contributed by atoms with Gasteiger partial charge in [0.05, 0.1) is 5.41 Å². The summed E-state index contributed by atoms with van der Waals surface area (Å²) in [4.78, 5) is 2.34. The van der Waals surface area contributed by atoms with Gasteiger partial charge in [0.15, 0.2) is 0 Å². The summed E-state index contributed by atoms with van der Waals surface area (Å²) in [6.07, 6.45) is 0. The van der Waals surface area contributed by atoms with Gasteiger partial charge in [-0.3, -0.25) is 0 Å². The second-order valence-corrected chi connectivity index (χ2v) is 15.2.